The van der Waals surface area contributed by atoms with Crippen LogP contribution in [0.25, 0.3) is 11.0 Å². The van der Waals surface area contributed by atoms with Crippen LogP contribution in [0, 0.1) is 23.2 Å². The first-order chi connectivity index (χ1) is 10.1. The van der Waals surface area contributed by atoms with Gasteiger partial charge in [0.15, 0.2) is 0 Å². The van der Waals surface area contributed by atoms with E-state index >= 15 is 0 Å². The Morgan fingerprint density at radius 1 is 1.38 bits per heavy atom. The number of aromatic nitrogens is 3. The fraction of sp³-hybridized carbons (Fsp3) is 0.533. The molecule has 2 aromatic heterocycles. The monoisotopic (exact) mass is 285 g/mol. The molecule has 2 N–H and O–H groups in total. The molecule has 2 aromatic rings. The van der Waals surface area contributed by atoms with Crippen LogP contribution in [0.4, 0.5) is 5.82 Å². The van der Waals surface area contributed by atoms with E-state index in [1.807, 2.05) is 4.57 Å². The Morgan fingerprint density at radius 3 is 2.76 bits per heavy atom. The molecule has 1 saturated heterocycles. The molecule has 3 rings (SSSR count). The van der Waals surface area contributed by atoms with E-state index < -0.39 is 0 Å². The highest BCUT2D eigenvalue weighted by Gasteiger charge is 2.39. The zero-order valence-electron chi connectivity index (χ0n) is 12.4. The molecule has 0 saturated carbocycles. The Bertz CT molecular complexity index is 717. The summed E-state index contributed by atoms with van der Waals surface area (Å²) in [7, 11) is 0. The molecule has 1 fully saturated rings. The molecule has 2 unspecified atom stereocenters. The highest BCUT2D eigenvalue weighted by atomic mass is 16.5. The van der Waals surface area contributed by atoms with Gasteiger partial charge >= 0.3 is 0 Å². The van der Waals surface area contributed by atoms with Crippen molar-refractivity contribution in [1.82, 2.24) is 14.5 Å². The lowest BCUT2D eigenvalue weighted by molar-refractivity contribution is -0.0117. The van der Waals surface area contributed by atoms with E-state index in [1.165, 1.54) is 6.33 Å². The molecule has 0 aliphatic carbocycles. The summed E-state index contributed by atoms with van der Waals surface area (Å²) in [6, 6.07) is 2.17. The molecule has 0 aromatic carbocycles. The lowest BCUT2D eigenvalue weighted by Gasteiger charge is -2.18. The van der Waals surface area contributed by atoms with Gasteiger partial charge in [-0.15, -0.1) is 0 Å². The molecule has 110 valence electrons. The standard InChI is InChI=1S/C15H19N5O/c1-4-11-8(2)9(3)15(21-11)20-6-10(5-16)12-13(17)18-7-19-14(12)20/h6-9,11,15H,4H2,1-3H3,(H2,17,18,19)/t8?,9?,11-,15-/m1/s1. The topological polar surface area (TPSA) is 89.8 Å². The number of nitrogen functional groups attached to an aromatic ring is 1. The maximum atomic E-state index is 9.32. The number of rotatable bonds is 2. The summed E-state index contributed by atoms with van der Waals surface area (Å²) >= 11 is 0. The van der Waals surface area contributed by atoms with Crippen molar-refractivity contribution in [2.24, 2.45) is 11.8 Å². The van der Waals surface area contributed by atoms with Gasteiger partial charge in [-0.25, -0.2) is 9.97 Å². The minimum atomic E-state index is -0.121. The Kier molecular flexibility index (Phi) is 3.30. The first-order valence-electron chi connectivity index (χ1n) is 7.25. The summed E-state index contributed by atoms with van der Waals surface area (Å²) in [6.45, 7) is 6.51. The number of nitrogens with zero attached hydrogens (tertiary/aromatic N) is 4. The third-order valence-electron chi connectivity index (χ3n) is 4.62. The molecule has 21 heavy (non-hydrogen) atoms. The van der Waals surface area contributed by atoms with Crippen LogP contribution in [-0.2, 0) is 4.74 Å². The van der Waals surface area contributed by atoms with Crippen LogP contribution in [0.5, 0.6) is 0 Å². The smallest absolute Gasteiger partial charge is 0.148 e. The molecule has 0 bridgehead atoms. The highest BCUT2D eigenvalue weighted by molar-refractivity contribution is 5.91. The predicted octanol–water partition coefficient (Wildman–Crippen LogP) is 2.46. The number of nitrogens with two attached hydrogens (primary N) is 1. The molecule has 6 nitrogen and oxygen atoms in total. The van der Waals surface area contributed by atoms with Gasteiger partial charge in [0.2, 0.25) is 0 Å². The average Bonchev–Trinajstić information content (AvgIpc) is 2.99. The van der Waals surface area contributed by atoms with Crippen molar-refractivity contribution in [1.29, 1.82) is 5.26 Å². The Labute approximate surface area is 123 Å². The van der Waals surface area contributed by atoms with E-state index in [0.29, 0.717) is 34.3 Å². The van der Waals surface area contributed by atoms with E-state index in [9.17, 15) is 5.26 Å². The average molecular weight is 285 g/mol. The van der Waals surface area contributed by atoms with Crippen molar-refractivity contribution in [3.63, 3.8) is 0 Å². The van der Waals surface area contributed by atoms with Crippen LogP contribution in [0.2, 0.25) is 0 Å². The van der Waals surface area contributed by atoms with Crippen molar-refractivity contribution >= 4 is 16.9 Å². The van der Waals surface area contributed by atoms with Crippen molar-refractivity contribution in [2.45, 2.75) is 39.5 Å². The molecule has 1 aliphatic heterocycles. The Balaban J connectivity index is 2.14. The van der Waals surface area contributed by atoms with E-state index in [1.54, 1.807) is 6.20 Å². The van der Waals surface area contributed by atoms with Crippen LogP contribution in [-0.4, -0.2) is 20.6 Å². The number of hydrogen-bond donors (Lipinski definition) is 1. The molecule has 0 amide bonds. The van der Waals surface area contributed by atoms with Gasteiger partial charge in [0.05, 0.1) is 17.1 Å². The highest BCUT2D eigenvalue weighted by Crippen LogP contribution is 2.42. The third kappa shape index (κ3) is 1.96. The van der Waals surface area contributed by atoms with Gasteiger partial charge in [-0.3, -0.25) is 0 Å². The van der Waals surface area contributed by atoms with Gasteiger partial charge in [0.25, 0.3) is 0 Å². The zero-order chi connectivity index (χ0) is 15.1. The lowest BCUT2D eigenvalue weighted by Crippen LogP contribution is -2.15. The Morgan fingerprint density at radius 2 is 2.14 bits per heavy atom. The summed E-state index contributed by atoms with van der Waals surface area (Å²) < 4.78 is 8.11. The normalized spacial score (nSPS) is 28.9. The van der Waals surface area contributed by atoms with Gasteiger partial charge in [-0.1, -0.05) is 20.8 Å². The first-order valence-corrected chi connectivity index (χ1v) is 7.25. The molecule has 1 aliphatic rings. The first kappa shape index (κ1) is 13.8. The number of nitriles is 1. The van der Waals surface area contributed by atoms with Crippen LogP contribution < -0.4 is 5.73 Å². The second-order valence-corrected chi connectivity index (χ2v) is 5.71. The molecule has 3 heterocycles. The summed E-state index contributed by atoms with van der Waals surface area (Å²) in [5.41, 5.74) is 7.06. The fourth-order valence-electron chi connectivity index (χ4n) is 3.20. The second kappa shape index (κ2) is 5.01. The van der Waals surface area contributed by atoms with Gasteiger partial charge < -0.3 is 15.0 Å². The number of anilines is 1. The van der Waals surface area contributed by atoms with E-state index in [4.69, 9.17) is 10.5 Å². The summed E-state index contributed by atoms with van der Waals surface area (Å²) in [5, 5.41) is 9.93. The molecule has 4 atom stereocenters. The molecule has 0 spiro atoms. The summed E-state index contributed by atoms with van der Waals surface area (Å²) in [6.07, 6.45) is 4.29. The minimum Gasteiger partial charge on any atom is -0.383 e. The van der Waals surface area contributed by atoms with Crippen LogP contribution in [0.3, 0.4) is 0 Å². The summed E-state index contributed by atoms with van der Waals surface area (Å²) in [4.78, 5) is 8.29. The molecule has 0 radical (unpaired) electrons. The number of hydrogen-bond acceptors (Lipinski definition) is 5. The second-order valence-electron chi connectivity index (χ2n) is 5.71. The SMILES string of the molecule is CC[C@H]1O[C@@H](n2cc(C#N)c3c(N)ncnc32)C(C)C1C. The maximum Gasteiger partial charge on any atom is 0.148 e. The van der Waals surface area contributed by atoms with Gasteiger partial charge in [-0.05, 0) is 12.3 Å². The maximum absolute atomic E-state index is 9.32. The number of fused-ring (bicyclic) bond motifs is 1. The summed E-state index contributed by atoms with van der Waals surface area (Å²) in [5.74, 6) is 1.14. The van der Waals surface area contributed by atoms with Crippen LogP contribution in [0.1, 0.15) is 39.0 Å². The predicted molar refractivity (Wildman–Crippen MR) is 79.2 cm³/mol. The molecule has 6 heteroatoms. The van der Waals surface area contributed by atoms with Crippen LogP contribution >= 0.6 is 0 Å². The van der Waals surface area contributed by atoms with Gasteiger partial charge in [0, 0.05) is 12.1 Å². The van der Waals surface area contributed by atoms with Gasteiger partial charge in [-0.2, -0.15) is 5.26 Å². The van der Waals surface area contributed by atoms with Crippen molar-refractivity contribution in [3.8, 4) is 6.07 Å². The Hall–Kier alpha value is -2.13. The minimum absolute atomic E-state index is 0.121. The molecular formula is C15H19N5O. The zero-order valence-corrected chi connectivity index (χ0v) is 12.4. The van der Waals surface area contributed by atoms with Crippen molar-refractivity contribution in [2.75, 3.05) is 5.73 Å². The van der Waals surface area contributed by atoms with E-state index in [-0.39, 0.29) is 12.3 Å². The quantitative estimate of drug-likeness (QED) is 0.915. The largest absolute Gasteiger partial charge is 0.383 e. The fourth-order valence-corrected chi connectivity index (χ4v) is 3.20. The van der Waals surface area contributed by atoms with Gasteiger partial charge in [0.1, 0.15) is 30.1 Å². The van der Waals surface area contributed by atoms with E-state index in [0.717, 1.165) is 6.42 Å². The van der Waals surface area contributed by atoms with Crippen molar-refractivity contribution in [3.05, 3.63) is 18.1 Å². The molecular weight excluding hydrogens is 266 g/mol. The lowest BCUT2D eigenvalue weighted by atomic mass is 9.91. The van der Waals surface area contributed by atoms with Crippen molar-refractivity contribution < 1.29 is 4.74 Å². The van der Waals surface area contributed by atoms with Crippen LogP contribution in [0.15, 0.2) is 12.5 Å². The number of ether oxygens (including phenoxy) is 1. The third-order valence-corrected chi connectivity index (χ3v) is 4.62. The van der Waals surface area contributed by atoms with E-state index in [2.05, 4.69) is 36.8 Å².